The maximum atomic E-state index is 8.87. The van der Waals surface area contributed by atoms with E-state index in [-0.39, 0.29) is 0 Å². The largest absolute Gasteiger partial charge is 0.383 e. The van der Waals surface area contributed by atoms with Gasteiger partial charge in [0.2, 0.25) is 0 Å². The Morgan fingerprint density at radius 1 is 1.39 bits per heavy atom. The summed E-state index contributed by atoms with van der Waals surface area (Å²) in [6.07, 6.45) is 3.77. The molecule has 0 saturated carbocycles. The molecule has 1 aromatic carbocycles. The van der Waals surface area contributed by atoms with Crippen LogP contribution in [-0.4, -0.2) is 16.1 Å². The molecule has 0 aliphatic heterocycles. The highest BCUT2D eigenvalue weighted by Crippen LogP contribution is 2.16. The molecule has 0 atom stereocenters. The van der Waals surface area contributed by atoms with Gasteiger partial charge in [0.25, 0.3) is 0 Å². The summed E-state index contributed by atoms with van der Waals surface area (Å²) < 4.78 is 2.09. The number of rotatable bonds is 4. The van der Waals surface area contributed by atoms with Crippen LogP contribution in [0.25, 0.3) is 0 Å². The second-order valence-corrected chi connectivity index (χ2v) is 4.24. The third-order valence-corrected chi connectivity index (χ3v) is 2.96. The van der Waals surface area contributed by atoms with Crippen molar-refractivity contribution in [3.8, 4) is 6.07 Å². The van der Waals surface area contributed by atoms with Crippen molar-refractivity contribution in [2.45, 2.75) is 20.4 Å². The minimum atomic E-state index is 0.682. The lowest BCUT2D eigenvalue weighted by molar-refractivity contribution is 0.701. The highest BCUT2D eigenvalue weighted by molar-refractivity contribution is 5.55. The minimum Gasteiger partial charge on any atom is -0.383 e. The number of nitriles is 1. The second-order valence-electron chi connectivity index (χ2n) is 4.24. The molecule has 0 spiro atoms. The molecular weight excluding hydrogens is 224 g/mol. The Labute approximate surface area is 107 Å². The molecule has 0 aliphatic carbocycles. The zero-order valence-corrected chi connectivity index (χ0v) is 10.6. The average Bonchev–Trinajstić information content (AvgIpc) is 2.77. The normalized spacial score (nSPS) is 10.1. The fourth-order valence-electron chi connectivity index (χ4n) is 1.83. The van der Waals surface area contributed by atoms with Crippen molar-refractivity contribution in [3.05, 3.63) is 47.5 Å². The van der Waals surface area contributed by atoms with Crippen molar-refractivity contribution in [2.24, 2.45) is 0 Å². The molecule has 4 heteroatoms. The molecule has 18 heavy (non-hydrogen) atoms. The third kappa shape index (κ3) is 2.69. The molecule has 4 nitrogen and oxygen atoms in total. The molecule has 92 valence electrons. The summed E-state index contributed by atoms with van der Waals surface area (Å²) in [5.74, 6) is 1.01. The maximum absolute atomic E-state index is 8.87. The van der Waals surface area contributed by atoms with E-state index in [1.54, 1.807) is 6.20 Å². The molecule has 2 rings (SSSR count). The van der Waals surface area contributed by atoms with Gasteiger partial charge in [-0.25, -0.2) is 4.98 Å². The number of anilines is 1. The highest BCUT2D eigenvalue weighted by atomic mass is 15.1. The van der Waals surface area contributed by atoms with Gasteiger partial charge in [-0.3, -0.25) is 0 Å². The summed E-state index contributed by atoms with van der Waals surface area (Å²) in [5.41, 5.74) is 2.85. The Balaban J connectivity index is 1.98. The standard InChI is InChI=1S/C14H16N4/c1-11-3-4-13(10-15)9-14(11)17-6-8-18-7-5-16-12(18)2/h3-5,7,9,17H,6,8H2,1-2H3. The lowest BCUT2D eigenvalue weighted by Gasteiger charge is -2.11. The van der Waals surface area contributed by atoms with Gasteiger partial charge in [0.15, 0.2) is 0 Å². The number of aromatic nitrogens is 2. The van der Waals surface area contributed by atoms with Crippen molar-refractivity contribution in [1.82, 2.24) is 9.55 Å². The van der Waals surface area contributed by atoms with Crippen LogP contribution in [0.5, 0.6) is 0 Å². The van der Waals surface area contributed by atoms with Gasteiger partial charge in [0, 0.05) is 31.2 Å². The first-order valence-corrected chi connectivity index (χ1v) is 5.93. The summed E-state index contributed by atoms with van der Waals surface area (Å²) in [6, 6.07) is 7.83. The molecule has 0 radical (unpaired) electrons. The van der Waals surface area contributed by atoms with E-state index >= 15 is 0 Å². The molecule has 0 saturated heterocycles. The minimum absolute atomic E-state index is 0.682. The van der Waals surface area contributed by atoms with E-state index in [0.717, 1.165) is 30.2 Å². The Kier molecular flexibility index (Phi) is 3.63. The van der Waals surface area contributed by atoms with Crippen LogP contribution < -0.4 is 5.32 Å². The number of imidazole rings is 1. The summed E-state index contributed by atoms with van der Waals surface area (Å²) >= 11 is 0. The maximum Gasteiger partial charge on any atom is 0.105 e. The number of hydrogen-bond donors (Lipinski definition) is 1. The third-order valence-electron chi connectivity index (χ3n) is 2.96. The fraction of sp³-hybridized carbons (Fsp3) is 0.286. The van der Waals surface area contributed by atoms with Crippen molar-refractivity contribution in [2.75, 3.05) is 11.9 Å². The predicted molar refractivity (Wildman–Crippen MR) is 71.3 cm³/mol. The van der Waals surface area contributed by atoms with Gasteiger partial charge in [0.1, 0.15) is 5.82 Å². The van der Waals surface area contributed by atoms with Crippen LogP contribution in [0.4, 0.5) is 5.69 Å². The molecule has 0 fully saturated rings. The van der Waals surface area contributed by atoms with Gasteiger partial charge in [-0.05, 0) is 31.5 Å². The van der Waals surface area contributed by atoms with E-state index in [4.69, 9.17) is 5.26 Å². The van der Waals surface area contributed by atoms with E-state index in [1.807, 2.05) is 38.2 Å². The van der Waals surface area contributed by atoms with Crippen LogP contribution in [0.2, 0.25) is 0 Å². The predicted octanol–water partition coefficient (Wildman–Crippen LogP) is 2.48. The molecule has 1 N–H and O–H groups in total. The number of nitrogens with one attached hydrogen (secondary N) is 1. The second kappa shape index (κ2) is 5.37. The smallest absolute Gasteiger partial charge is 0.105 e. The van der Waals surface area contributed by atoms with Gasteiger partial charge in [0.05, 0.1) is 11.6 Å². The topological polar surface area (TPSA) is 53.6 Å². The van der Waals surface area contributed by atoms with E-state index in [9.17, 15) is 0 Å². The number of benzene rings is 1. The zero-order chi connectivity index (χ0) is 13.0. The Hall–Kier alpha value is -2.28. The van der Waals surface area contributed by atoms with Crippen LogP contribution >= 0.6 is 0 Å². The quantitative estimate of drug-likeness (QED) is 0.893. The zero-order valence-electron chi connectivity index (χ0n) is 10.6. The lowest BCUT2D eigenvalue weighted by atomic mass is 10.1. The summed E-state index contributed by atoms with van der Waals surface area (Å²) in [7, 11) is 0. The van der Waals surface area contributed by atoms with Crippen LogP contribution in [0.3, 0.4) is 0 Å². The van der Waals surface area contributed by atoms with Gasteiger partial charge in [-0.1, -0.05) is 6.07 Å². The van der Waals surface area contributed by atoms with Crippen LogP contribution in [0, 0.1) is 25.2 Å². The van der Waals surface area contributed by atoms with E-state index in [0.29, 0.717) is 5.56 Å². The van der Waals surface area contributed by atoms with Gasteiger partial charge in [-0.2, -0.15) is 5.26 Å². The Morgan fingerprint density at radius 2 is 2.22 bits per heavy atom. The first-order chi connectivity index (χ1) is 8.70. The fourth-order valence-corrected chi connectivity index (χ4v) is 1.83. The van der Waals surface area contributed by atoms with Crippen molar-refractivity contribution in [1.29, 1.82) is 5.26 Å². The van der Waals surface area contributed by atoms with Gasteiger partial charge < -0.3 is 9.88 Å². The Bertz CT molecular complexity index is 578. The van der Waals surface area contributed by atoms with Crippen molar-refractivity contribution < 1.29 is 0 Å². The summed E-state index contributed by atoms with van der Waals surface area (Å²) in [6.45, 7) is 5.70. The molecule has 0 amide bonds. The average molecular weight is 240 g/mol. The highest BCUT2D eigenvalue weighted by Gasteiger charge is 2.00. The first-order valence-electron chi connectivity index (χ1n) is 5.93. The SMILES string of the molecule is Cc1ccc(C#N)cc1NCCn1ccnc1C. The van der Waals surface area contributed by atoms with Crippen LogP contribution in [0.1, 0.15) is 17.0 Å². The molecule has 1 aromatic heterocycles. The number of hydrogen-bond acceptors (Lipinski definition) is 3. The number of aryl methyl sites for hydroxylation is 2. The summed E-state index contributed by atoms with van der Waals surface area (Å²) in [5, 5.41) is 12.2. The lowest BCUT2D eigenvalue weighted by Crippen LogP contribution is -2.11. The van der Waals surface area contributed by atoms with Gasteiger partial charge >= 0.3 is 0 Å². The monoisotopic (exact) mass is 240 g/mol. The molecule has 0 aliphatic rings. The first kappa shape index (κ1) is 12.2. The van der Waals surface area contributed by atoms with Crippen molar-refractivity contribution >= 4 is 5.69 Å². The van der Waals surface area contributed by atoms with E-state index in [2.05, 4.69) is 20.9 Å². The molecule has 2 aromatic rings. The van der Waals surface area contributed by atoms with Crippen LogP contribution in [-0.2, 0) is 6.54 Å². The van der Waals surface area contributed by atoms with E-state index < -0.39 is 0 Å². The molecule has 1 heterocycles. The van der Waals surface area contributed by atoms with Gasteiger partial charge in [-0.15, -0.1) is 0 Å². The van der Waals surface area contributed by atoms with Crippen molar-refractivity contribution in [3.63, 3.8) is 0 Å². The van der Waals surface area contributed by atoms with Crippen LogP contribution in [0.15, 0.2) is 30.6 Å². The van der Waals surface area contributed by atoms with E-state index in [1.165, 1.54) is 0 Å². The summed E-state index contributed by atoms with van der Waals surface area (Å²) in [4.78, 5) is 4.18. The molecule has 0 bridgehead atoms. The Morgan fingerprint density at radius 3 is 2.89 bits per heavy atom. The molecule has 0 unspecified atom stereocenters. The number of nitrogens with zero attached hydrogens (tertiary/aromatic N) is 3. The molecular formula is C14H16N4.